The fourth-order valence-corrected chi connectivity index (χ4v) is 1.96. The topological polar surface area (TPSA) is 25.6 Å². The summed E-state index contributed by atoms with van der Waals surface area (Å²) in [5.74, 6) is 1.01. The van der Waals surface area contributed by atoms with Gasteiger partial charge in [-0.15, -0.1) is 0 Å². The summed E-state index contributed by atoms with van der Waals surface area (Å²) in [4.78, 5) is 2.36. The molecule has 4 heteroatoms. The molecule has 0 spiro atoms. The molecule has 1 aliphatic rings. The van der Waals surface area contributed by atoms with Gasteiger partial charge in [0.05, 0.1) is 17.6 Å². The number of nitrogens with zero attached hydrogens (tertiary/aromatic N) is 1. The average Bonchev–Trinajstić information content (AvgIpc) is 2.43. The SMILES string of the molecule is Brc1coc(CN2CCCOCC2)c1. The van der Waals surface area contributed by atoms with Crippen LogP contribution in [0.4, 0.5) is 0 Å². The number of halogens is 1. The van der Waals surface area contributed by atoms with Crippen LogP contribution in [0.15, 0.2) is 21.2 Å². The van der Waals surface area contributed by atoms with Crippen LogP contribution >= 0.6 is 15.9 Å². The van der Waals surface area contributed by atoms with Gasteiger partial charge in [0.2, 0.25) is 0 Å². The molecule has 1 aromatic heterocycles. The highest BCUT2D eigenvalue weighted by molar-refractivity contribution is 9.10. The smallest absolute Gasteiger partial charge is 0.118 e. The normalized spacial score (nSPS) is 19.5. The van der Waals surface area contributed by atoms with Gasteiger partial charge in [0.15, 0.2) is 0 Å². The predicted octanol–water partition coefficient (Wildman–Crippen LogP) is 2.26. The third kappa shape index (κ3) is 2.83. The van der Waals surface area contributed by atoms with E-state index in [1.165, 1.54) is 0 Å². The van der Waals surface area contributed by atoms with E-state index in [1.807, 2.05) is 6.07 Å². The van der Waals surface area contributed by atoms with Crippen molar-refractivity contribution in [1.82, 2.24) is 4.90 Å². The van der Waals surface area contributed by atoms with E-state index in [1.54, 1.807) is 6.26 Å². The van der Waals surface area contributed by atoms with Crippen LogP contribution in [-0.2, 0) is 11.3 Å². The van der Waals surface area contributed by atoms with Gasteiger partial charge in [0, 0.05) is 19.7 Å². The molecular formula is C10H14BrNO2. The fourth-order valence-electron chi connectivity index (χ4n) is 1.61. The zero-order chi connectivity index (χ0) is 9.80. The molecule has 0 amide bonds. The van der Waals surface area contributed by atoms with Crippen molar-refractivity contribution in [1.29, 1.82) is 0 Å². The van der Waals surface area contributed by atoms with Crippen molar-refractivity contribution in [3.05, 3.63) is 22.6 Å². The molecule has 0 bridgehead atoms. The third-order valence-corrected chi connectivity index (χ3v) is 2.73. The maximum Gasteiger partial charge on any atom is 0.118 e. The van der Waals surface area contributed by atoms with Crippen LogP contribution in [0, 0.1) is 0 Å². The molecule has 0 N–H and O–H groups in total. The highest BCUT2D eigenvalue weighted by atomic mass is 79.9. The zero-order valence-electron chi connectivity index (χ0n) is 8.04. The molecule has 0 aromatic carbocycles. The van der Waals surface area contributed by atoms with Crippen LogP contribution in [0.3, 0.4) is 0 Å². The lowest BCUT2D eigenvalue weighted by Crippen LogP contribution is -2.25. The third-order valence-electron chi connectivity index (χ3n) is 2.32. The fraction of sp³-hybridized carbons (Fsp3) is 0.600. The summed E-state index contributed by atoms with van der Waals surface area (Å²) in [6, 6.07) is 2.02. The quantitative estimate of drug-likeness (QED) is 0.815. The monoisotopic (exact) mass is 259 g/mol. The van der Waals surface area contributed by atoms with Gasteiger partial charge in [0.1, 0.15) is 12.0 Å². The molecule has 0 aliphatic carbocycles. The van der Waals surface area contributed by atoms with Crippen LogP contribution in [0.5, 0.6) is 0 Å². The average molecular weight is 260 g/mol. The van der Waals surface area contributed by atoms with Gasteiger partial charge >= 0.3 is 0 Å². The van der Waals surface area contributed by atoms with Gasteiger partial charge in [-0.3, -0.25) is 4.90 Å². The molecule has 2 rings (SSSR count). The van der Waals surface area contributed by atoms with Crippen molar-refractivity contribution < 1.29 is 9.15 Å². The molecule has 78 valence electrons. The van der Waals surface area contributed by atoms with Gasteiger partial charge in [-0.05, 0) is 28.4 Å². The highest BCUT2D eigenvalue weighted by Gasteiger charge is 2.11. The Morgan fingerprint density at radius 2 is 2.29 bits per heavy atom. The summed E-state index contributed by atoms with van der Waals surface area (Å²) in [5, 5.41) is 0. The van der Waals surface area contributed by atoms with E-state index in [0.717, 1.165) is 49.5 Å². The van der Waals surface area contributed by atoms with E-state index in [9.17, 15) is 0 Å². The largest absolute Gasteiger partial charge is 0.467 e. The molecule has 1 aromatic rings. The number of ether oxygens (including phenoxy) is 1. The second-order valence-electron chi connectivity index (χ2n) is 3.47. The second kappa shape index (κ2) is 4.96. The van der Waals surface area contributed by atoms with Crippen molar-refractivity contribution in [3.63, 3.8) is 0 Å². The maximum atomic E-state index is 5.39. The summed E-state index contributed by atoms with van der Waals surface area (Å²) in [7, 11) is 0. The van der Waals surface area contributed by atoms with Gasteiger partial charge in [-0.1, -0.05) is 0 Å². The standard InChI is InChI=1S/C10H14BrNO2/c11-9-6-10(14-8-9)7-12-2-1-4-13-5-3-12/h6,8H,1-5,7H2. The lowest BCUT2D eigenvalue weighted by Gasteiger charge is -2.16. The minimum absolute atomic E-state index is 0.835. The molecule has 2 heterocycles. The first-order valence-electron chi connectivity index (χ1n) is 4.87. The Kier molecular flexibility index (Phi) is 3.61. The van der Waals surface area contributed by atoms with Crippen LogP contribution in [0.1, 0.15) is 12.2 Å². The van der Waals surface area contributed by atoms with E-state index >= 15 is 0 Å². The van der Waals surface area contributed by atoms with Crippen LogP contribution < -0.4 is 0 Å². The molecule has 1 fully saturated rings. The molecule has 0 unspecified atom stereocenters. The first-order chi connectivity index (χ1) is 6.84. The molecule has 3 nitrogen and oxygen atoms in total. The lowest BCUT2D eigenvalue weighted by molar-refractivity contribution is 0.139. The summed E-state index contributed by atoms with van der Waals surface area (Å²) in [5.41, 5.74) is 0. The molecule has 0 atom stereocenters. The number of rotatable bonds is 2. The first kappa shape index (κ1) is 10.2. The molecule has 1 aliphatic heterocycles. The molecular weight excluding hydrogens is 246 g/mol. The lowest BCUT2D eigenvalue weighted by atomic mass is 10.3. The Morgan fingerprint density at radius 3 is 3.07 bits per heavy atom. The van der Waals surface area contributed by atoms with E-state index in [4.69, 9.17) is 9.15 Å². The van der Waals surface area contributed by atoms with Crippen molar-refractivity contribution in [3.8, 4) is 0 Å². The number of hydrogen-bond acceptors (Lipinski definition) is 3. The molecule has 0 saturated carbocycles. The van der Waals surface area contributed by atoms with Crippen molar-refractivity contribution in [2.75, 3.05) is 26.3 Å². The van der Waals surface area contributed by atoms with Crippen LogP contribution in [-0.4, -0.2) is 31.2 Å². The van der Waals surface area contributed by atoms with Crippen molar-refractivity contribution >= 4 is 15.9 Å². The van der Waals surface area contributed by atoms with E-state index in [2.05, 4.69) is 20.8 Å². The van der Waals surface area contributed by atoms with Gasteiger partial charge in [0.25, 0.3) is 0 Å². The minimum atomic E-state index is 0.835. The summed E-state index contributed by atoms with van der Waals surface area (Å²) < 4.78 is 11.8. The number of hydrogen-bond donors (Lipinski definition) is 0. The summed E-state index contributed by atoms with van der Waals surface area (Å²) in [6.45, 7) is 4.70. The Bertz CT molecular complexity index is 279. The van der Waals surface area contributed by atoms with E-state index < -0.39 is 0 Å². The van der Waals surface area contributed by atoms with Gasteiger partial charge in [-0.2, -0.15) is 0 Å². The second-order valence-corrected chi connectivity index (χ2v) is 4.39. The molecule has 14 heavy (non-hydrogen) atoms. The van der Waals surface area contributed by atoms with E-state index in [0.29, 0.717) is 0 Å². The maximum absolute atomic E-state index is 5.39. The molecule has 0 radical (unpaired) electrons. The zero-order valence-corrected chi connectivity index (χ0v) is 9.63. The molecule has 1 saturated heterocycles. The van der Waals surface area contributed by atoms with Crippen LogP contribution in [0.25, 0.3) is 0 Å². The van der Waals surface area contributed by atoms with Gasteiger partial charge < -0.3 is 9.15 Å². The van der Waals surface area contributed by atoms with E-state index in [-0.39, 0.29) is 0 Å². The van der Waals surface area contributed by atoms with Gasteiger partial charge in [-0.25, -0.2) is 0 Å². The van der Waals surface area contributed by atoms with Crippen molar-refractivity contribution in [2.45, 2.75) is 13.0 Å². The minimum Gasteiger partial charge on any atom is -0.467 e. The highest BCUT2D eigenvalue weighted by Crippen LogP contribution is 2.16. The summed E-state index contributed by atoms with van der Waals surface area (Å²) >= 11 is 3.38. The van der Waals surface area contributed by atoms with Crippen LogP contribution in [0.2, 0.25) is 0 Å². The Hall–Kier alpha value is -0.320. The first-order valence-corrected chi connectivity index (χ1v) is 5.67. The Balaban J connectivity index is 1.89. The number of furan rings is 1. The van der Waals surface area contributed by atoms with Crippen molar-refractivity contribution in [2.24, 2.45) is 0 Å². The predicted molar refractivity (Wildman–Crippen MR) is 57.1 cm³/mol. The summed E-state index contributed by atoms with van der Waals surface area (Å²) in [6.07, 6.45) is 2.84. The Morgan fingerprint density at radius 1 is 1.36 bits per heavy atom. The Labute approximate surface area is 92.2 Å².